The van der Waals surface area contributed by atoms with E-state index in [1.165, 1.54) is 0 Å². The third-order valence-electron chi connectivity index (χ3n) is 2.16. The lowest BCUT2D eigenvalue weighted by molar-refractivity contribution is 0.0697. The van der Waals surface area contributed by atoms with Gasteiger partial charge in [-0.2, -0.15) is 0 Å². The number of hydrogen-bond acceptors (Lipinski definition) is 2. The second-order valence-corrected chi connectivity index (χ2v) is 3.34. The predicted molar refractivity (Wildman–Crippen MR) is 66.0 cm³/mol. The topological polar surface area (TPSA) is 40.5 Å². The summed E-state index contributed by atoms with van der Waals surface area (Å²) < 4.78 is 0. The van der Waals surface area contributed by atoms with Gasteiger partial charge in [-0.05, 0) is 18.2 Å². The fraction of sp³-hybridized carbons (Fsp3) is 0.154. The molecule has 0 fully saturated rings. The summed E-state index contributed by atoms with van der Waals surface area (Å²) in [5.74, 6) is -0.918. The Morgan fingerprint density at radius 1 is 1.31 bits per heavy atom. The molecule has 1 N–H and O–H groups in total. The number of hydrogen-bond donors (Lipinski definition) is 1. The van der Waals surface area contributed by atoms with E-state index in [2.05, 4.69) is 13.2 Å². The van der Waals surface area contributed by atoms with Gasteiger partial charge < -0.3 is 10.0 Å². The van der Waals surface area contributed by atoms with Crippen LogP contribution in [0.2, 0.25) is 0 Å². The fourth-order valence-electron chi connectivity index (χ4n) is 1.43. The van der Waals surface area contributed by atoms with Crippen LogP contribution in [0.4, 0.5) is 5.69 Å². The van der Waals surface area contributed by atoms with Gasteiger partial charge in [0.15, 0.2) is 0 Å². The van der Waals surface area contributed by atoms with Crippen LogP contribution in [0.15, 0.2) is 49.6 Å². The number of rotatable bonds is 6. The van der Waals surface area contributed by atoms with Crippen molar-refractivity contribution < 1.29 is 9.90 Å². The molecule has 0 atom stereocenters. The first-order chi connectivity index (χ1) is 7.69. The molecule has 0 bridgehead atoms. The second kappa shape index (κ2) is 5.75. The Bertz CT molecular complexity index is 389. The molecule has 0 aliphatic heterocycles. The Morgan fingerprint density at radius 2 is 1.94 bits per heavy atom. The van der Waals surface area contributed by atoms with Gasteiger partial charge in [0.2, 0.25) is 0 Å². The van der Waals surface area contributed by atoms with Crippen molar-refractivity contribution in [3.8, 4) is 0 Å². The maximum absolute atomic E-state index is 10.8. The standard InChI is InChI=1S/C13H15NO2/c1-3-8-14(9-4-2)12-7-5-6-11(10-12)13(15)16/h3-7,10H,1-2,8-9H2,(H,15,16). The highest BCUT2D eigenvalue weighted by Crippen LogP contribution is 2.16. The van der Waals surface area contributed by atoms with Crippen molar-refractivity contribution >= 4 is 11.7 Å². The average Bonchev–Trinajstić information content (AvgIpc) is 2.29. The Morgan fingerprint density at radius 3 is 2.44 bits per heavy atom. The fourth-order valence-corrected chi connectivity index (χ4v) is 1.43. The zero-order valence-electron chi connectivity index (χ0n) is 9.10. The molecular weight excluding hydrogens is 202 g/mol. The molecule has 84 valence electrons. The van der Waals surface area contributed by atoms with E-state index in [0.29, 0.717) is 13.1 Å². The zero-order valence-corrected chi connectivity index (χ0v) is 9.10. The zero-order chi connectivity index (χ0) is 12.0. The van der Waals surface area contributed by atoms with Crippen molar-refractivity contribution in [1.82, 2.24) is 0 Å². The summed E-state index contributed by atoms with van der Waals surface area (Å²) in [6.07, 6.45) is 3.55. The summed E-state index contributed by atoms with van der Waals surface area (Å²) in [7, 11) is 0. The molecule has 1 aromatic rings. The van der Waals surface area contributed by atoms with Crippen LogP contribution in [-0.4, -0.2) is 24.2 Å². The molecule has 0 aliphatic carbocycles. The summed E-state index contributed by atoms with van der Waals surface area (Å²) in [5.41, 5.74) is 1.15. The number of carboxylic acids is 1. The van der Waals surface area contributed by atoms with E-state index >= 15 is 0 Å². The molecule has 0 radical (unpaired) electrons. The Hall–Kier alpha value is -2.03. The van der Waals surface area contributed by atoms with Crippen LogP contribution in [0, 0.1) is 0 Å². The van der Waals surface area contributed by atoms with Crippen molar-refractivity contribution in [2.75, 3.05) is 18.0 Å². The summed E-state index contributed by atoms with van der Waals surface area (Å²) in [4.78, 5) is 12.8. The quantitative estimate of drug-likeness (QED) is 0.744. The van der Waals surface area contributed by atoms with Crippen molar-refractivity contribution in [2.45, 2.75) is 0 Å². The SMILES string of the molecule is C=CCN(CC=C)c1cccc(C(=O)O)c1. The summed E-state index contributed by atoms with van der Waals surface area (Å²) in [6.45, 7) is 8.67. The number of nitrogens with zero attached hydrogens (tertiary/aromatic N) is 1. The monoisotopic (exact) mass is 217 g/mol. The summed E-state index contributed by atoms with van der Waals surface area (Å²) in [5, 5.41) is 8.89. The first-order valence-corrected chi connectivity index (χ1v) is 4.99. The molecule has 1 rings (SSSR count). The molecule has 0 aromatic heterocycles. The van der Waals surface area contributed by atoms with Crippen molar-refractivity contribution in [3.05, 3.63) is 55.1 Å². The minimum atomic E-state index is -0.918. The molecule has 3 heteroatoms. The average molecular weight is 217 g/mol. The Labute approximate surface area is 95.3 Å². The smallest absolute Gasteiger partial charge is 0.335 e. The summed E-state index contributed by atoms with van der Waals surface area (Å²) in [6, 6.07) is 6.83. The highest BCUT2D eigenvalue weighted by Gasteiger charge is 2.07. The van der Waals surface area contributed by atoms with Crippen molar-refractivity contribution in [1.29, 1.82) is 0 Å². The molecule has 16 heavy (non-hydrogen) atoms. The Kier molecular flexibility index (Phi) is 4.33. The van der Waals surface area contributed by atoms with Crippen LogP contribution in [0.1, 0.15) is 10.4 Å². The third kappa shape index (κ3) is 2.98. The largest absolute Gasteiger partial charge is 0.478 e. The molecule has 3 nitrogen and oxygen atoms in total. The molecule has 0 aliphatic rings. The van der Waals surface area contributed by atoms with Gasteiger partial charge >= 0.3 is 5.97 Å². The normalized spacial score (nSPS) is 9.50. The van der Waals surface area contributed by atoms with Crippen LogP contribution in [0.3, 0.4) is 0 Å². The first-order valence-electron chi connectivity index (χ1n) is 4.99. The molecule has 0 unspecified atom stereocenters. The number of carbonyl (C=O) groups is 1. The van der Waals surface area contributed by atoms with E-state index in [9.17, 15) is 4.79 Å². The lowest BCUT2D eigenvalue weighted by Gasteiger charge is -2.21. The van der Waals surface area contributed by atoms with Crippen LogP contribution >= 0.6 is 0 Å². The molecular formula is C13H15NO2. The van der Waals surface area contributed by atoms with Gasteiger partial charge in [0.1, 0.15) is 0 Å². The lowest BCUT2D eigenvalue weighted by Crippen LogP contribution is -2.23. The van der Waals surface area contributed by atoms with Gasteiger partial charge in [0.05, 0.1) is 5.56 Å². The maximum atomic E-state index is 10.8. The minimum absolute atomic E-state index is 0.288. The molecule has 0 amide bonds. The van der Waals surface area contributed by atoms with Gasteiger partial charge in [0, 0.05) is 18.8 Å². The van der Waals surface area contributed by atoms with E-state index in [0.717, 1.165) is 5.69 Å². The highest BCUT2D eigenvalue weighted by atomic mass is 16.4. The molecule has 0 saturated carbocycles. The number of carboxylic acid groups (broad SMARTS) is 1. The third-order valence-corrected chi connectivity index (χ3v) is 2.16. The molecule has 0 heterocycles. The van der Waals surface area contributed by atoms with Gasteiger partial charge in [-0.15, -0.1) is 13.2 Å². The maximum Gasteiger partial charge on any atom is 0.335 e. The van der Waals surface area contributed by atoms with Crippen LogP contribution in [0.5, 0.6) is 0 Å². The van der Waals surface area contributed by atoms with Crippen molar-refractivity contribution in [3.63, 3.8) is 0 Å². The molecule has 0 spiro atoms. The molecule has 0 saturated heterocycles. The van der Waals surface area contributed by atoms with E-state index in [1.54, 1.807) is 30.4 Å². The Balaban J connectivity index is 2.98. The highest BCUT2D eigenvalue weighted by molar-refractivity contribution is 5.88. The van der Waals surface area contributed by atoms with E-state index in [-0.39, 0.29) is 5.56 Å². The predicted octanol–water partition coefficient (Wildman–Crippen LogP) is 2.56. The lowest BCUT2D eigenvalue weighted by atomic mass is 10.2. The van der Waals surface area contributed by atoms with Gasteiger partial charge in [-0.1, -0.05) is 18.2 Å². The van der Waals surface area contributed by atoms with Gasteiger partial charge in [0.25, 0.3) is 0 Å². The number of benzene rings is 1. The van der Waals surface area contributed by atoms with Crippen molar-refractivity contribution in [2.24, 2.45) is 0 Å². The second-order valence-electron chi connectivity index (χ2n) is 3.34. The van der Waals surface area contributed by atoms with E-state index in [4.69, 9.17) is 5.11 Å². The van der Waals surface area contributed by atoms with E-state index in [1.807, 2.05) is 11.0 Å². The molecule has 1 aromatic carbocycles. The van der Waals surface area contributed by atoms with Crippen LogP contribution < -0.4 is 4.90 Å². The number of aromatic carboxylic acids is 1. The van der Waals surface area contributed by atoms with Crippen LogP contribution in [0.25, 0.3) is 0 Å². The first kappa shape index (κ1) is 12.0. The van der Waals surface area contributed by atoms with Gasteiger partial charge in [-0.25, -0.2) is 4.79 Å². The minimum Gasteiger partial charge on any atom is -0.478 e. The van der Waals surface area contributed by atoms with Gasteiger partial charge in [-0.3, -0.25) is 0 Å². The summed E-state index contributed by atoms with van der Waals surface area (Å²) >= 11 is 0. The van der Waals surface area contributed by atoms with Crippen LogP contribution in [-0.2, 0) is 0 Å². The van der Waals surface area contributed by atoms with E-state index < -0.39 is 5.97 Å². The number of anilines is 1.